The average Bonchev–Trinajstić information content (AvgIpc) is 2.75. The van der Waals surface area contributed by atoms with Crippen molar-refractivity contribution in [3.8, 4) is 11.5 Å². The number of hydrogen-bond donors (Lipinski definition) is 1. The molecule has 0 bridgehead atoms. The van der Waals surface area contributed by atoms with Gasteiger partial charge in [0.1, 0.15) is 6.61 Å². The second kappa shape index (κ2) is 4.45. The molecule has 1 aliphatic rings. The van der Waals surface area contributed by atoms with Crippen LogP contribution in [0.5, 0.6) is 11.5 Å². The van der Waals surface area contributed by atoms with Crippen LogP contribution in [0.2, 0.25) is 0 Å². The van der Waals surface area contributed by atoms with Crippen molar-refractivity contribution in [1.82, 2.24) is 0 Å². The first-order valence-electron chi connectivity index (χ1n) is 5.18. The van der Waals surface area contributed by atoms with E-state index in [1.165, 1.54) is 25.3 Å². The maximum Gasteiger partial charge on any atom is 0.306 e. The SMILES string of the molecule is COc1cc(C(=O)C2COC(=O)C2)ccc1O. The topological polar surface area (TPSA) is 72.8 Å². The number of methoxy groups -OCH3 is 1. The Balaban J connectivity index is 2.22. The van der Waals surface area contributed by atoms with Gasteiger partial charge in [0.15, 0.2) is 17.3 Å². The van der Waals surface area contributed by atoms with E-state index in [2.05, 4.69) is 0 Å². The summed E-state index contributed by atoms with van der Waals surface area (Å²) in [6.07, 6.45) is 0.113. The number of esters is 1. The summed E-state index contributed by atoms with van der Waals surface area (Å²) in [5.41, 5.74) is 0.406. The van der Waals surface area contributed by atoms with Crippen LogP contribution in [0.3, 0.4) is 0 Å². The lowest BCUT2D eigenvalue weighted by molar-refractivity contribution is -0.137. The molecule has 17 heavy (non-hydrogen) atoms. The normalized spacial score (nSPS) is 18.9. The fraction of sp³-hybridized carbons (Fsp3) is 0.333. The van der Waals surface area contributed by atoms with E-state index in [-0.39, 0.29) is 36.3 Å². The van der Waals surface area contributed by atoms with Crippen molar-refractivity contribution < 1.29 is 24.2 Å². The van der Waals surface area contributed by atoms with Crippen molar-refractivity contribution in [2.45, 2.75) is 6.42 Å². The van der Waals surface area contributed by atoms with Crippen molar-refractivity contribution >= 4 is 11.8 Å². The number of benzene rings is 1. The number of carbonyl (C=O) groups is 2. The number of phenolic OH excluding ortho intramolecular Hbond substituents is 1. The quantitative estimate of drug-likeness (QED) is 0.629. The third kappa shape index (κ3) is 2.22. The fourth-order valence-electron chi connectivity index (χ4n) is 1.75. The zero-order chi connectivity index (χ0) is 12.4. The number of rotatable bonds is 3. The van der Waals surface area contributed by atoms with Gasteiger partial charge in [0, 0.05) is 5.56 Å². The van der Waals surface area contributed by atoms with Crippen LogP contribution in [0.4, 0.5) is 0 Å². The van der Waals surface area contributed by atoms with Crippen LogP contribution in [0.1, 0.15) is 16.8 Å². The van der Waals surface area contributed by atoms with Gasteiger partial charge in [0.2, 0.25) is 0 Å². The lowest BCUT2D eigenvalue weighted by Crippen LogP contribution is -2.14. The number of hydrogen-bond acceptors (Lipinski definition) is 5. The number of cyclic esters (lactones) is 1. The number of carbonyl (C=O) groups excluding carboxylic acids is 2. The summed E-state index contributed by atoms with van der Waals surface area (Å²) in [5.74, 6) is -0.746. The molecule has 2 rings (SSSR count). The zero-order valence-corrected chi connectivity index (χ0v) is 9.30. The van der Waals surface area contributed by atoms with Crippen LogP contribution in [-0.2, 0) is 9.53 Å². The molecule has 1 aromatic rings. The first-order valence-corrected chi connectivity index (χ1v) is 5.18. The molecule has 0 saturated carbocycles. The highest BCUT2D eigenvalue weighted by atomic mass is 16.5. The molecule has 1 N–H and O–H groups in total. The molecule has 0 amide bonds. The van der Waals surface area contributed by atoms with E-state index in [1.807, 2.05) is 0 Å². The molecule has 1 aromatic carbocycles. The molecule has 1 atom stereocenters. The van der Waals surface area contributed by atoms with Crippen molar-refractivity contribution in [1.29, 1.82) is 0 Å². The minimum absolute atomic E-state index is 0.0252. The molecule has 0 aliphatic carbocycles. The lowest BCUT2D eigenvalue weighted by Gasteiger charge is -2.08. The third-order valence-electron chi connectivity index (χ3n) is 2.69. The minimum Gasteiger partial charge on any atom is -0.504 e. The van der Waals surface area contributed by atoms with Gasteiger partial charge in [-0.1, -0.05) is 0 Å². The summed E-state index contributed by atoms with van der Waals surface area (Å²) in [6.45, 7) is 0.126. The van der Waals surface area contributed by atoms with Gasteiger partial charge in [-0.2, -0.15) is 0 Å². The van der Waals surface area contributed by atoms with Crippen LogP contribution >= 0.6 is 0 Å². The standard InChI is InChI=1S/C12H12O5/c1-16-10-4-7(2-3-9(10)13)12(15)8-5-11(14)17-6-8/h2-4,8,13H,5-6H2,1H3. The largest absolute Gasteiger partial charge is 0.504 e. The Hall–Kier alpha value is -2.04. The maximum atomic E-state index is 12.0. The number of ketones is 1. The highest BCUT2D eigenvalue weighted by Gasteiger charge is 2.30. The van der Waals surface area contributed by atoms with Crippen molar-refractivity contribution in [3.63, 3.8) is 0 Å². The number of aromatic hydroxyl groups is 1. The Morgan fingerprint density at radius 1 is 1.53 bits per heavy atom. The van der Waals surface area contributed by atoms with Gasteiger partial charge in [-0.25, -0.2) is 0 Å². The molecule has 1 saturated heterocycles. The van der Waals surface area contributed by atoms with E-state index in [1.54, 1.807) is 0 Å². The van der Waals surface area contributed by atoms with E-state index >= 15 is 0 Å². The molecule has 1 heterocycles. The molecular formula is C12H12O5. The molecular weight excluding hydrogens is 224 g/mol. The molecule has 90 valence electrons. The Morgan fingerprint density at radius 3 is 2.88 bits per heavy atom. The predicted molar refractivity (Wildman–Crippen MR) is 58.1 cm³/mol. The number of Topliss-reactive ketones (excluding diaryl/α,β-unsaturated/α-hetero) is 1. The molecule has 0 radical (unpaired) electrons. The highest BCUT2D eigenvalue weighted by Crippen LogP contribution is 2.28. The van der Waals surface area contributed by atoms with Crippen LogP contribution in [0.15, 0.2) is 18.2 Å². The average molecular weight is 236 g/mol. The molecule has 1 unspecified atom stereocenters. The van der Waals surface area contributed by atoms with Gasteiger partial charge in [-0.15, -0.1) is 0 Å². The van der Waals surface area contributed by atoms with Crippen molar-refractivity contribution in [2.24, 2.45) is 5.92 Å². The van der Waals surface area contributed by atoms with E-state index in [9.17, 15) is 14.7 Å². The summed E-state index contributed by atoms with van der Waals surface area (Å²) in [7, 11) is 1.41. The molecule has 5 nitrogen and oxygen atoms in total. The van der Waals surface area contributed by atoms with Crippen molar-refractivity contribution in [3.05, 3.63) is 23.8 Å². The summed E-state index contributed by atoms with van der Waals surface area (Å²) in [5, 5.41) is 9.41. The highest BCUT2D eigenvalue weighted by molar-refractivity contribution is 6.01. The molecule has 0 spiro atoms. The Bertz CT molecular complexity index is 466. The van der Waals surface area contributed by atoms with Crippen LogP contribution < -0.4 is 4.74 Å². The first-order chi connectivity index (χ1) is 8.11. The van der Waals surface area contributed by atoms with E-state index in [0.717, 1.165) is 0 Å². The van der Waals surface area contributed by atoms with Crippen LogP contribution in [0, 0.1) is 5.92 Å². The smallest absolute Gasteiger partial charge is 0.306 e. The van der Waals surface area contributed by atoms with Crippen LogP contribution in [0.25, 0.3) is 0 Å². The third-order valence-corrected chi connectivity index (χ3v) is 2.69. The zero-order valence-electron chi connectivity index (χ0n) is 9.30. The summed E-state index contributed by atoms with van der Waals surface area (Å²) in [6, 6.07) is 4.35. The van der Waals surface area contributed by atoms with E-state index < -0.39 is 5.92 Å². The van der Waals surface area contributed by atoms with Gasteiger partial charge in [-0.05, 0) is 18.2 Å². The number of ether oxygens (including phenoxy) is 2. The second-order valence-electron chi connectivity index (χ2n) is 3.83. The summed E-state index contributed by atoms with van der Waals surface area (Å²) < 4.78 is 9.67. The summed E-state index contributed by atoms with van der Waals surface area (Å²) >= 11 is 0. The molecule has 5 heteroatoms. The Morgan fingerprint density at radius 2 is 2.29 bits per heavy atom. The van der Waals surface area contributed by atoms with Gasteiger partial charge >= 0.3 is 5.97 Å². The molecule has 0 aromatic heterocycles. The second-order valence-corrected chi connectivity index (χ2v) is 3.83. The lowest BCUT2D eigenvalue weighted by atomic mass is 9.96. The molecule has 1 fully saturated rings. The van der Waals surface area contributed by atoms with Gasteiger partial charge in [-0.3, -0.25) is 9.59 Å². The summed E-state index contributed by atoms with van der Waals surface area (Å²) in [4.78, 5) is 22.9. The Kier molecular flexibility index (Phi) is 2.99. The Labute approximate surface area is 98.0 Å². The monoisotopic (exact) mass is 236 g/mol. The first kappa shape index (κ1) is 11.4. The fourth-order valence-corrected chi connectivity index (χ4v) is 1.75. The van der Waals surface area contributed by atoms with Crippen LogP contribution in [-0.4, -0.2) is 30.6 Å². The van der Waals surface area contributed by atoms with Gasteiger partial charge in [0.25, 0.3) is 0 Å². The van der Waals surface area contributed by atoms with E-state index in [4.69, 9.17) is 9.47 Å². The maximum absolute atomic E-state index is 12.0. The predicted octanol–water partition coefficient (Wildman–Crippen LogP) is 1.15. The minimum atomic E-state index is -0.434. The van der Waals surface area contributed by atoms with E-state index in [0.29, 0.717) is 5.56 Å². The molecule has 1 aliphatic heterocycles. The van der Waals surface area contributed by atoms with Gasteiger partial charge < -0.3 is 14.6 Å². The number of phenols is 1. The van der Waals surface area contributed by atoms with Gasteiger partial charge in [0.05, 0.1) is 19.4 Å². The van der Waals surface area contributed by atoms with Crippen molar-refractivity contribution in [2.75, 3.05) is 13.7 Å².